The SMILES string of the molecule is C=C(C)C(=O)OCCN(C(=O)C12CCC(CC1)C2)C(C)(C)C. The molecule has 0 atom stereocenters. The van der Waals surface area contributed by atoms with E-state index in [1.165, 1.54) is 12.8 Å². The summed E-state index contributed by atoms with van der Waals surface area (Å²) >= 11 is 0. The zero-order valence-corrected chi connectivity index (χ0v) is 14.4. The van der Waals surface area contributed by atoms with Crippen molar-refractivity contribution < 1.29 is 14.3 Å². The highest BCUT2D eigenvalue weighted by atomic mass is 16.5. The van der Waals surface area contributed by atoms with Gasteiger partial charge in [-0.2, -0.15) is 0 Å². The quantitative estimate of drug-likeness (QED) is 0.578. The van der Waals surface area contributed by atoms with Crippen molar-refractivity contribution in [2.24, 2.45) is 11.3 Å². The van der Waals surface area contributed by atoms with Crippen LogP contribution in [0, 0.1) is 11.3 Å². The van der Waals surface area contributed by atoms with Crippen molar-refractivity contribution in [3.05, 3.63) is 12.2 Å². The molecule has 124 valence electrons. The first-order chi connectivity index (χ1) is 10.2. The van der Waals surface area contributed by atoms with E-state index < -0.39 is 0 Å². The highest BCUT2D eigenvalue weighted by molar-refractivity contribution is 5.87. The zero-order chi connectivity index (χ0) is 16.5. The summed E-state index contributed by atoms with van der Waals surface area (Å²) in [6.07, 6.45) is 5.47. The molecule has 22 heavy (non-hydrogen) atoms. The number of hydrogen-bond donors (Lipinski definition) is 0. The molecule has 0 aromatic heterocycles. The Bertz CT molecular complexity index is 467. The van der Waals surface area contributed by atoms with Gasteiger partial charge in [0.1, 0.15) is 6.61 Å². The summed E-state index contributed by atoms with van der Waals surface area (Å²) < 4.78 is 5.19. The normalized spacial score (nSPS) is 26.8. The van der Waals surface area contributed by atoms with E-state index in [9.17, 15) is 9.59 Å². The Hall–Kier alpha value is -1.32. The number of esters is 1. The van der Waals surface area contributed by atoms with Crippen LogP contribution in [0.3, 0.4) is 0 Å². The lowest BCUT2D eigenvalue weighted by molar-refractivity contribution is -0.151. The molecule has 0 aliphatic heterocycles. The highest BCUT2D eigenvalue weighted by Crippen LogP contribution is 2.55. The summed E-state index contributed by atoms with van der Waals surface area (Å²) in [5.41, 5.74) is -0.0139. The largest absolute Gasteiger partial charge is 0.460 e. The van der Waals surface area contributed by atoms with E-state index >= 15 is 0 Å². The van der Waals surface area contributed by atoms with Gasteiger partial charge in [-0.3, -0.25) is 4.79 Å². The van der Waals surface area contributed by atoms with Crippen LogP contribution in [-0.4, -0.2) is 35.5 Å². The molecule has 0 spiro atoms. The lowest BCUT2D eigenvalue weighted by Crippen LogP contribution is -2.52. The van der Waals surface area contributed by atoms with Gasteiger partial charge in [0, 0.05) is 16.5 Å². The molecule has 0 N–H and O–H groups in total. The molecule has 0 heterocycles. The van der Waals surface area contributed by atoms with Gasteiger partial charge < -0.3 is 9.64 Å². The fourth-order valence-corrected chi connectivity index (χ4v) is 3.87. The summed E-state index contributed by atoms with van der Waals surface area (Å²) in [4.78, 5) is 26.6. The van der Waals surface area contributed by atoms with Crippen LogP contribution in [0.5, 0.6) is 0 Å². The van der Waals surface area contributed by atoms with E-state index in [1.54, 1.807) is 6.92 Å². The van der Waals surface area contributed by atoms with Crippen molar-refractivity contribution in [2.75, 3.05) is 13.2 Å². The molecular weight excluding hydrogens is 278 g/mol. The third kappa shape index (κ3) is 3.36. The van der Waals surface area contributed by atoms with E-state index in [2.05, 4.69) is 6.58 Å². The first-order valence-corrected chi connectivity index (χ1v) is 8.30. The second-order valence-electron chi connectivity index (χ2n) is 7.97. The van der Waals surface area contributed by atoms with Crippen LogP contribution in [0.15, 0.2) is 12.2 Å². The van der Waals surface area contributed by atoms with Gasteiger partial charge in [0.15, 0.2) is 0 Å². The number of hydrogen-bond acceptors (Lipinski definition) is 3. The fourth-order valence-electron chi connectivity index (χ4n) is 3.87. The van der Waals surface area contributed by atoms with Gasteiger partial charge in [-0.15, -0.1) is 0 Å². The number of ether oxygens (including phenoxy) is 1. The summed E-state index contributed by atoms with van der Waals surface area (Å²) in [7, 11) is 0. The van der Waals surface area contributed by atoms with Crippen molar-refractivity contribution in [2.45, 2.75) is 65.3 Å². The number of carbonyl (C=O) groups is 2. The Morgan fingerprint density at radius 3 is 2.27 bits per heavy atom. The van der Waals surface area contributed by atoms with Gasteiger partial charge >= 0.3 is 5.97 Å². The molecule has 0 saturated heterocycles. The van der Waals surface area contributed by atoms with Gasteiger partial charge in [-0.25, -0.2) is 4.79 Å². The maximum absolute atomic E-state index is 13.1. The molecule has 2 bridgehead atoms. The van der Waals surface area contributed by atoms with E-state index in [-0.39, 0.29) is 29.4 Å². The van der Waals surface area contributed by atoms with E-state index in [4.69, 9.17) is 4.74 Å². The van der Waals surface area contributed by atoms with Gasteiger partial charge in [-0.1, -0.05) is 6.58 Å². The molecule has 4 nitrogen and oxygen atoms in total. The van der Waals surface area contributed by atoms with Crippen LogP contribution in [0.4, 0.5) is 0 Å². The molecule has 0 radical (unpaired) electrons. The van der Waals surface area contributed by atoms with Gasteiger partial charge in [0.2, 0.25) is 5.91 Å². The first-order valence-electron chi connectivity index (χ1n) is 8.30. The molecule has 0 unspecified atom stereocenters. The fraction of sp³-hybridized carbons (Fsp3) is 0.778. The van der Waals surface area contributed by atoms with E-state index in [1.807, 2.05) is 25.7 Å². The van der Waals surface area contributed by atoms with E-state index in [0.29, 0.717) is 12.1 Å². The minimum atomic E-state index is -0.388. The number of amides is 1. The van der Waals surface area contributed by atoms with E-state index in [0.717, 1.165) is 25.2 Å². The predicted octanol–water partition coefficient (Wildman–Crippen LogP) is 3.31. The Kier molecular flexibility index (Phi) is 4.69. The van der Waals surface area contributed by atoms with Crippen LogP contribution < -0.4 is 0 Å². The minimum Gasteiger partial charge on any atom is -0.460 e. The van der Waals surface area contributed by atoms with Crippen molar-refractivity contribution in [3.63, 3.8) is 0 Å². The molecular formula is C18H29NO3. The van der Waals surface area contributed by atoms with Crippen molar-refractivity contribution in [3.8, 4) is 0 Å². The van der Waals surface area contributed by atoms with Crippen LogP contribution in [0.25, 0.3) is 0 Å². The van der Waals surface area contributed by atoms with Crippen molar-refractivity contribution >= 4 is 11.9 Å². The third-order valence-electron chi connectivity index (χ3n) is 5.15. The summed E-state index contributed by atoms with van der Waals surface area (Å²) in [6.45, 7) is 12.0. The number of rotatable bonds is 5. The maximum atomic E-state index is 13.1. The van der Waals surface area contributed by atoms with Gasteiger partial charge in [0.05, 0.1) is 6.54 Å². The van der Waals surface area contributed by atoms with Crippen LogP contribution in [0.1, 0.15) is 59.8 Å². The predicted molar refractivity (Wildman–Crippen MR) is 86.2 cm³/mol. The standard InChI is InChI=1S/C18H29NO3/c1-13(2)15(20)22-11-10-19(17(3,4)5)16(21)18-8-6-14(12-18)7-9-18/h14H,1,6-12H2,2-5H3. The topological polar surface area (TPSA) is 46.6 Å². The van der Waals surface area contributed by atoms with Gasteiger partial charge in [0.25, 0.3) is 0 Å². The Balaban J connectivity index is 2.02. The molecule has 2 saturated carbocycles. The lowest BCUT2D eigenvalue weighted by atomic mass is 9.81. The Morgan fingerprint density at radius 2 is 1.86 bits per heavy atom. The maximum Gasteiger partial charge on any atom is 0.333 e. The van der Waals surface area contributed by atoms with Crippen LogP contribution >= 0.6 is 0 Å². The smallest absolute Gasteiger partial charge is 0.333 e. The Morgan fingerprint density at radius 1 is 1.27 bits per heavy atom. The molecule has 0 aromatic rings. The monoisotopic (exact) mass is 307 g/mol. The second kappa shape index (κ2) is 6.05. The van der Waals surface area contributed by atoms with Crippen LogP contribution in [0.2, 0.25) is 0 Å². The molecule has 0 aromatic carbocycles. The third-order valence-corrected chi connectivity index (χ3v) is 5.15. The molecule has 4 heteroatoms. The number of fused-ring (bicyclic) bond motifs is 2. The first kappa shape index (κ1) is 17.0. The van der Waals surface area contributed by atoms with Crippen molar-refractivity contribution in [1.29, 1.82) is 0 Å². The number of nitrogens with zero attached hydrogens (tertiary/aromatic N) is 1. The number of carbonyl (C=O) groups excluding carboxylic acids is 2. The molecule has 2 rings (SSSR count). The minimum absolute atomic E-state index is 0.143. The average Bonchev–Trinajstić information content (AvgIpc) is 3.03. The molecule has 2 aliphatic carbocycles. The second-order valence-corrected chi connectivity index (χ2v) is 7.97. The lowest BCUT2D eigenvalue weighted by Gasteiger charge is -2.41. The Labute approximate surface area is 133 Å². The zero-order valence-electron chi connectivity index (χ0n) is 14.4. The molecule has 1 amide bonds. The average molecular weight is 307 g/mol. The van der Waals surface area contributed by atoms with Crippen LogP contribution in [-0.2, 0) is 14.3 Å². The molecule has 2 fully saturated rings. The summed E-state index contributed by atoms with van der Waals surface area (Å²) in [5.74, 6) is 0.611. The molecule has 2 aliphatic rings. The summed E-state index contributed by atoms with van der Waals surface area (Å²) in [5, 5.41) is 0. The highest BCUT2D eigenvalue weighted by Gasteiger charge is 2.52. The summed E-state index contributed by atoms with van der Waals surface area (Å²) in [6, 6.07) is 0. The van der Waals surface area contributed by atoms with Gasteiger partial charge in [-0.05, 0) is 65.7 Å². The van der Waals surface area contributed by atoms with Crippen molar-refractivity contribution in [1.82, 2.24) is 4.90 Å².